The van der Waals surface area contributed by atoms with Gasteiger partial charge in [0, 0.05) is 18.8 Å². The van der Waals surface area contributed by atoms with E-state index in [1.807, 2.05) is 18.2 Å². The van der Waals surface area contributed by atoms with Gasteiger partial charge in [-0.2, -0.15) is 5.26 Å². The van der Waals surface area contributed by atoms with Gasteiger partial charge in [-0.3, -0.25) is 0 Å². The van der Waals surface area contributed by atoms with Gasteiger partial charge in [-0.15, -0.1) is 0 Å². The Kier molecular flexibility index (Phi) is 4.79. The van der Waals surface area contributed by atoms with E-state index in [4.69, 9.17) is 5.26 Å². The van der Waals surface area contributed by atoms with Crippen LogP contribution in [-0.4, -0.2) is 6.54 Å². The average molecular weight is 264 g/mol. The molecule has 0 saturated carbocycles. The standard InChI is InChI=1S/C18H20N2/c1-15-9-10-17(13-16(15)2)14-20(12-6-11-19)18-7-4-3-5-8-18/h3-5,7-10,13H,6,12,14H2,1-2H3. The van der Waals surface area contributed by atoms with E-state index in [1.165, 1.54) is 22.4 Å². The van der Waals surface area contributed by atoms with Crippen molar-refractivity contribution in [1.29, 1.82) is 5.26 Å². The Morgan fingerprint density at radius 1 is 1.00 bits per heavy atom. The van der Waals surface area contributed by atoms with Crippen molar-refractivity contribution in [3.8, 4) is 6.07 Å². The molecule has 20 heavy (non-hydrogen) atoms. The molecule has 0 aliphatic heterocycles. The molecule has 0 spiro atoms. The Bertz CT molecular complexity index is 597. The quantitative estimate of drug-likeness (QED) is 0.808. The number of hydrogen-bond donors (Lipinski definition) is 0. The highest BCUT2D eigenvalue weighted by atomic mass is 15.1. The maximum absolute atomic E-state index is 8.83. The van der Waals surface area contributed by atoms with Gasteiger partial charge in [0.05, 0.1) is 12.5 Å². The predicted molar refractivity (Wildman–Crippen MR) is 83.6 cm³/mol. The van der Waals surface area contributed by atoms with E-state index in [9.17, 15) is 0 Å². The highest BCUT2D eigenvalue weighted by molar-refractivity contribution is 5.47. The molecule has 2 nitrogen and oxygen atoms in total. The molecule has 2 aromatic carbocycles. The zero-order valence-electron chi connectivity index (χ0n) is 12.1. The van der Waals surface area contributed by atoms with Crippen LogP contribution in [-0.2, 0) is 6.54 Å². The molecule has 0 atom stereocenters. The molecule has 0 aliphatic rings. The van der Waals surface area contributed by atoms with E-state index in [1.54, 1.807) is 0 Å². The SMILES string of the molecule is Cc1ccc(CN(CCC#N)c2ccccc2)cc1C. The molecular weight excluding hydrogens is 244 g/mol. The number of aryl methyl sites for hydroxylation is 2. The van der Waals surface area contributed by atoms with E-state index in [0.717, 1.165) is 13.1 Å². The Labute approximate surface area is 121 Å². The second kappa shape index (κ2) is 6.77. The van der Waals surface area contributed by atoms with Gasteiger partial charge in [0.2, 0.25) is 0 Å². The van der Waals surface area contributed by atoms with Crippen molar-refractivity contribution >= 4 is 5.69 Å². The second-order valence-corrected chi connectivity index (χ2v) is 5.08. The number of benzene rings is 2. The first-order valence-corrected chi connectivity index (χ1v) is 6.94. The third kappa shape index (κ3) is 3.61. The summed E-state index contributed by atoms with van der Waals surface area (Å²) in [7, 11) is 0. The Morgan fingerprint density at radius 2 is 1.75 bits per heavy atom. The largest absolute Gasteiger partial charge is 0.366 e. The van der Waals surface area contributed by atoms with Crippen LogP contribution in [0.3, 0.4) is 0 Å². The Balaban J connectivity index is 2.19. The molecule has 0 saturated heterocycles. The van der Waals surface area contributed by atoms with Gasteiger partial charge in [0.15, 0.2) is 0 Å². The number of para-hydroxylation sites is 1. The van der Waals surface area contributed by atoms with Gasteiger partial charge in [0.25, 0.3) is 0 Å². The van der Waals surface area contributed by atoms with Crippen molar-refractivity contribution in [3.05, 3.63) is 65.2 Å². The molecule has 0 aliphatic carbocycles. The number of nitrogens with zero attached hydrogens (tertiary/aromatic N) is 2. The fraction of sp³-hybridized carbons (Fsp3) is 0.278. The van der Waals surface area contributed by atoms with Gasteiger partial charge in [0.1, 0.15) is 0 Å². The summed E-state index contributed by atoms with van der Waals surface area (Å²) in [6.45, 7) is 5.87. The zero-order valence-corrected chi connectivity index (χ0v) is 12.1. The minimum atomic E-state index is 0.541. The van der Waals surface area contributed by atoms with Crippen molar-refractivity contribution in [2.75, 3.05) is 11.4 Å². The molecule has 0 N–H and O–H groups in total. The number of hydrogen-bond acceptors (Lipinski definition) is 2. The van der Waals surface area contributed by atoms with E-state index in [0.29, 0.717) is 6.42 Å². The molecule has 2 aromatic rings. The van der Waals surface area contributed by atoms with E-state index in [2.05, 4.69) is 55.1 Å². The molecule has 0 aromatic heterocycles. The van der Waals surface area contributed by atoms with Gasteiger partial charge >= 0.3 is 0 Å². The summed E-state index contributed by atoms with van der Waals surface area (Å²) in [6.07, 6.45) is 0.541. The lowest BCUT2D eigenvalue weighted by Crippen LogP contribution is -2.23. The second-order valence-electron chi connectivity index (χ2n) is 5.08. The number of anilines is 1. The Morgan fingerprint density at radius 3 is 2.40 bits per heavy atom. The minimum Gasteiger partial charge on any atom is -0.366 e. The van der Waals surface area contributed by atoms with Crippen LogP contribution in [0.25, 0.3) is 0 Å². The fourth-order valence-corrected chi connectivity index (χ4v) is 2.25. The van der Waals surface area contributed by atoms with Crippen LogP contribution in [0.4, 0.5) is 5.69 Å². The zero-order chi connectivity index (χ0) is 14.4. The first kappa shape index (κ1) is 14.1. The van der Waals surface area contributed by atoms with E-state index >= 15 is 0 Å². The molecule has 0 bridgehead atoms. The molecule has 0 heterocycles. The lowest BCUT2D eigenvalue weighted by atomic mass is 10.1. The van der Waals surface area contributed by atoms with Crippen molar-refractivity contribution in [2.45, 2.75) is 26.8 Å². The topological polar surface area (TPSA) is 27.0 Å². The molecule has 2 rings (SSSR count). The lowest BCUT2D eigenvalue weighted by Gasteiger charge is -2.24. The van der Waals surface area contributed by atoms with Crippen molar-refractivity contribution in [2.24, 2.45) is 0 Å². The van der Waals surface area contributed by atoms with Crippen LogP contribution in [0.15, 0.2) is 48.5 Å². The third-order valence-corrected chi connectivity index (χ3v) is 3.56. The number of rotatable bonds is 5. The van der Waals surface area contributed by atoms with Crippen LogP contribution in [0.1, 0.15) is 23.1 Å². The van der Waals surface area contributed by atoms with Crippen LogP contribution >= 0.6 is 0 Å². The van der Waals surface area contributed by atoms with Crippen LogP contribution in [0, 0.1) is 25.2 Å². The maximum Gasteiger partial charge on any atom is 0.0640 e. The van der Waals surface area contributed by atoms with Crippen LogP contribution in [0.5, 0.6) is 0 Å². The maximum atomic E-state index is 8.83. The fourth-order valence-electron chi connectivity index (χ4n) is 2.25. The van der Waals surface area contributed by atoms with Gasteiger partial charge in [-0.1, -0.05) is 36.4 Å². The van der Waals surface area contributed by atoms with E-state index < -0.39 is 0 Å². The average Bonchev–Trinajstić information content (AvgIpc) is 2.48. The van der Waals surface area contributed by atoms with Crippen LogP contribution < -0.4 is 4.90 Å². The summed E-state index contributed by atoms with van der Waals surface area (Å²) in [5.74, 6) is 0. The smallest absolute Gasteiger partial charge is 0.0640 e. The van der Waals surface area contributed by atoms with Gasteiger partial charge < -0.3 is 4.90 Å². The Hall–Kier alpha value is -2.27. The highest BCUT2D eigenvalue weighted by Gasteiger charge is 2.07. The summed E-state index contributed by atoms with van der Waals surface area (Å²) in [6, 6.07) is 19.1. The lowest BCUT2D eigenvalue weighted by molar-refractivity contribution is 0.797. The molecule has 0 radical (unpaired) electrons. The molecule has 0 unspecified atom stereocenters. The summed E-state index contributed by atoms with van der Waals surface area (Å²) in [5.41, 5.74) is 5.09. The van der Waals surface area contributed by atoms with Crippen molar-refractivity contribution < 1.29 is 0 Å². The monoisotopic (exact) mass is 264 g/mol. The predicted octanol–water partition coefficient (Wildman–Crippen LogP) is 4.22. The highest BCUT2D eigenvalue weighted by Crippen LogP contribution is 2.18. The first-order chi connectivity index (χ1) is 9.70. The van der Waals surface area contributed by atoms with Crippen molar-refractivity contribution in [3.63, 3.8) is 0 Å². The molecular formula is C18H20N2. The van der Waals surface area contributed by atoms with Gasteiger partial charge in [-0.05, 0) is 42.7 Å². The number of nitriles is 1. The molecule has 0 amide bonds. The molecule has 2 heteroatoms. The minimum absolute atomic E-state index is 0.541. The molecule has 102 valence electrons. The first-order valence-electron chi connectivity index (χ1n) is 6.94. The summed E-state index contributed by atoms with van der Waals surface area (Å²) in [4.78, 5) is 2.26. The summed E-state index contributed by atoms with van der Waals surface area (Å²) >= 11 is 0. The normalized spacial score (nSPS) is 10.1. The van der Waals surface area contributed by atoms with Crippen molar-refractivity contribution in [1.82, 2.24) is 0 Å². The third-order valence-electron chi connectivity index (χ3n) is 3.56. The van der Waals surface area contributed by atoms with Gasteiger partial charge in [-0.25, -0.2) is 0 Å². The van der Waals surface area contributed by atoms with Crippen LogP contribution in [0.2, 0.25) is 0 Å². The summed E-state index contributed by atoms with van der Waals surface area (Å²) < 4.78 is 0. The van der Waals surface area contributed by atoms with E-state index in [-0.39, 0.29) is 0 Å². The summed E-state index contributed by atoms with van der Waals surface area (Å²) in [5, 5.41) is 8.83. The molecule has 0 fully saturated rings.